The van der Waals surface area contributed by atoms with Gasteiger partial charge in [0.05, 0.1) is 6.10 Å². The number of aliphatic hydroxyl groups is 1. The summed E-state index contributed by atoms with van der Waals surface area (Å²) < 4.78 is 0. The molecule has 100 valence electrons. The Balaban J connectivity index is 1.83. The maximum atomic E-state index is 9.88. The predicted octanol–water partition coefficient (Wildman–Crippen LogP) is 3.05. The molecule has 0 spiro atoms. The zero-order valence-corrected chi connectivity index (χ0v) is 11.6. The SMILES string of the molecule is CC1CCC(CN2CCCC[C@H]2[C@@H](C)O)CC1. The van der Waals surface area contributed by atoms with E-state index in [4.69, 9.17) is 0 Å². The molecule has 1 heterocycles. The number of piperidine rings is 1. The van der Waals surface area contributed by atoms with Gasteiger partial charge in [-0.3, -0.25) is 4.90 Å². The molecule has 0 aromatic carbocycles. The fourth-order valence-corrected chi connectivity index (χ4v) is 3.63. The summed E-state index contributed by atoms with van der Waals surface area (Å²) >= 11 is 0. The summed E-state index contributed by atoms with van der Waals surface area (Å²) in [6.07, 6.45) is 9.31. The van der Waals surface area contributed by atoms with E-state index in [2.05, 4.69) is 11.8 Å². The van der Waals surface area contributed by atoms with Crippen molar-refractivity contribution in [1.29, 1.82) is 0 Å². The fourth-order valence-electron chi connectivity index (χ4n) is 3.63. The molecular weight excluding hydrogens is 210 g/mol. The second kappa shape index (κ2) is 6.19. The fraction of sp³-hybridized carbons (Fsp3) is 1.00. The third-order valence-electron chi connectivity index (χ3n) is 4.85. The van der Waals surface area contributed by atoms with Crippen molar-refractivity contribution in [2.45, 2.75) is 70.9 Å². The van der Waals surface area contributed by atoms with E-state index in [-0.39, 0.29) is 6.10 Å². The van der Waals surface area contributed by atoms with E-state index >= 15 is 0 Å². The smallest absolute Gasteiger partial charge is 0.0667 e. The molecule has 0 bridgehead atoms. The second-order valence-corrected chi connectivity index (χ2v) is 6.42. The highest BCUT2D eigenvalue weighted by Crippen LogP contribution is 2.30. The maximum Gasteiger partial charge on any atom is 0.0667 e. The van der Waals surface area contributed by atoms with Gasteiger partial charge < -0.3 is 5.11 Å². The van der Waals surface area contributed by atoms with Gasteiger partial charge in [-0.15, -0.1) is 0 Å². The first-order valence-corrected chi connectivity index (χ1v) is 7.59. The van der Waals surface area contributed by atoms with Crippen molar-refractivity contribution < 1.29 is 5.11 Å². The van der Waals surface area contributed by atoms with E-state index in [1.165, 1.54) is 58.0 Å². The number of nitrogens with zero attached hydrogens (tertiary/aromatic N) is 1. The van der Waals surface area contributed by atoms with Crippen LogP contribution in [0.2, 0.25) is 0 Å². The first-order valence-electron chi connectivity index (χ1n) is 7.59. The number of rotatable bonds is 3. The van der Waals surface area contributed by atoms with E-state index in [9.17, 15) is 5.11 Å². The summed E-state index contributed by atoms with van der Waals surface area (Å²) in [6, 6.07) is 0.433. The normalized spacial score (nSPS) is 37.9. The van der Waals surface area contributed by atoms with Gasteiger partial charge in [0.1, 0.15) is 0 Å². The third kappa shape index (κ3) is 3.69. The number of aliphatic hydroxyl groups excluding tert-OH is 1. The molecule has 2 fully saturated rings. The molecule has 2 heteroatoms. The van der Waals surface area contributed by atoms with Crippen LogP contribution in [0.15, 0.2) is 0 Å². The van der Waals surface area contributed by atoms with Crippen LogP contribution in [0.3, 0.4) is 0 Å². The molecule has 1 saturated heterocycles. The molecule has 0 aromatic heterocycles. The van der Waals surface area contributed by atoms with Crippen molar-refractivity contribution in [2.75, 3.05) is 13.1 Å². The van der Waals surface area contributed by atoms with Crippen LogP contribution in [0, 0.1) is 11.8 Å². The Morgan fingerprint density at radius 2 is 1.82 bits per heavy atom. The molecule has 17 heavy (non-hydrogen) atoms. The Kier molecular flexibility index (Phi) is 4.87. The molecule has 2 nitrogen and oxygen atoms in total. The largest absolute Gasteiger partial charge is 0.392 e. The lowest BCUT2D eigenvalue weighted by molar-refractivity contribution is 0.0222. The minimum Gasteiger partial charge on any atom is -0.392 e. The lowest BCUT2D eigenvalue weighted by atomic mass is 9.82. The average Bonchev–Trinajstić information content (AvgIpc) is 2.32. The van der Waals surface area contributed by atoms with Gasteiger partial charge >= 0.3 is 0 Å². The third-order valence-corrected chi connectivity index (χ3v) is 4.85. The molecule has 0 aromatic rings. The number of likely N-dealkylation sites (tertiary alicyclic amines) is 1. The quantitative estimate of drug-likeness (QED) is 0.818. The lowest BCUT2D eigenvalue weighted by Crippen LogP contribution is -2.47. The van der Waals surface area contributed by atoms with Crippen LogP contribution in [-0.2, 0) is 0 Å². The molecule has 2 atom stereocenters. The van der Waals surface area contributed by atoms with Crippen LogP contribution in [0.5, 0.6) is 0 Å². The Morgan fingerprint density at radius 3 is 2.47 bits per heavy atom. The Labute approximate surface area is 106 Å². The van der Waals surface area contributed by atoms with Crippen LogP contribution >= 0.6 is 0 Å². The standard InChI is InChI=1S/C15H29NO/c1-12-6-8-14(9-7-12)11-16-10-4-3-5-15(16)13(2)17/h12-15,17H,3-11H2,1-2H3/t12?,13-,14?,15+/m1/s1. The van der Waals surface area contributed by atoms with Gasteiger partial charge in [-0.2, -0.15) is 0 Å². The predicted molar refractivity (Wildman–Crippen MR) is 72.0 cm³/mol. The lowest BCUT2D eigenvalue weighted by Gasteiger charge is -2.40. The van der Waals surface area contributed by atoms with Gasteiger partial charge in [-0.1, -0.05) is 26.2 Å². The monoisotopic (exact) mass is 239 g/mol. The van der Waals surface area contributed by atoms with E-state index in [0.29, 0.717) is 6.04 Å². The zero-order valence-electron chi connectivity index (χ0n) is 11.6. The van der Waals surface area contributed by atoms with Crippen molar-refractivity contribution in [3.8, 4) is 0 Å². The first kappa shape index (κ1) is 13.4. The molecular formula is C15H29NO. The highest BCUT2D eigenvalue weighted by atomic mass is 16.3. The molecule has 1 N–H and O–H groups in total. The highest BCUT2D eigenvalue weighted by Gasteiger charge is 2.29. The molecule has 2 aliphatic rings. The molecule has 1 aliphatic carbocycles. The van der Waals surface area contributed by atoms with Crippen molar-refractivity contribution >= 4 is 0 Å². The van der Waals surface area contributed by atoms with Gasteiger partial charge in [0.15, 0.2) is 0 Å². The topological polar surface area (TPSA) is 23.5 Å². The summed E-state index contributed by atoms with van der Waals surface area (Å²) in [6.45, 7) is 6.80. The van der Waals surface area contributed by atoms with Crippen molar-refractivity contribution in [2.24, 2.45) is 11.8 Å². The Hall–Kier alpha value is -0.0800. The van der Waals surface area contributed by atoms with Gasteiger partial charge in [0, 0.05) is 12.6 Å². The first-order chi connectivity index (χ1) is 8.16. The number of hydrogen-bond donors (Lipinski definition) is 1. The van der Waals surface area contributed by atoms with Crippen molar-refractivity contribution in [1.82, 2.24) is 4.90 Å². The van der Waals surface area contributed by atoms with E-state index < -0.39 is 0 Å². The molecule has 1 aliphatic heterocycles. The van der Waals surface area contributed by atoms with E-state index in [1.54, 1.807) is 0 Å². The second-order valence-electron chi connectivity index (χ2n) is 6.42. The summed E-state index contributed by atoms with van der Waals surface area (Å²) in [7, 11) is 0. The summed E-state index contributed by atoms with van der Waals surface area (Å²) in [5, 5.41) is 9.88. The van der Waals surface area contributed by atoms with Crippen LogP contribution < -0.4 is 0 Å². The van der Waals surface area contributed by atoms with Crippen LogP contribution in [0.25, 0.3) is 0 Å². The van der Waals surface area contributed by atoms with Crippen LogP contribution in [0.4, 0.5) is 0 Å². The Bertz CT molecular complexity index is 221. The Morgan fingerprint density at radius 1 is 1.12 bits per heavy atom. The van der Waals surface area contributed by atoms with Gasteiger partial charge in [-0.05, 0) is 51.0 Å². The zero-order chi connectivity index (χ0) is 12.3. The molecule has 1 saturated carbocycles. The van der Waals surface area contributed by atoms with Gasteiger partial charge in [0.2, 0.25) is 0 Å². The number of hydrogen-bond acceptors (Lipinski definition) is 2. The van der Waals surface area contributed by atoms with E-state index in [1.807, 2.05) is 6.92 Å². The van der Waals surface area contributed by atoms with E-state index in [0.717, 1.165) is 11.8 Å². The minimum atomic E-state index is -0.155. The van der Waals surface area contributed by atoms with Gasteiger partial charge in [-0.25, -0.2) is 0 Å². The summed E-state index contributed by atoms with van der Waals surface area (Å²) in [4.78, 5) is 2.58. The minimum absolute atomic E-state index is 0.155. The molecule has 0 unspecified atom stereocenters. The van der Waals surface area contributed by atoms with Gasteiger partial charge in [0.25, 0.3) is 0 Å². The van der Waals surface area contributed by atoms with Crippen molar-refractivity contribution in [3.05, 3.63) is 0 Å². The average molecular weight is 239 g/mol. The highest BCUT2D eigenvalue weighted by molar-refractivity contribution is 4.83. The molecule has 0 amide bonds. The molecule has 2 rings (SSSR count). The maximum absolute atomic E-state index is 9.88. The van der Waals surface area contributed by atoms with Crippen LogP contribution in [0.1, 0.15) is 58.8 Å². The summed E-state index contributed by atoms with van der Waals surface area (Å²) in [5.41, 5.74) is 0. The molecule has 0 radical (unpaired) electrons. The van der Waals surface area contributed by atoms with Crippen LogP contribution in [-0.4, -0.2) is 35.2 Å². The summed E-state index contributed by atoms with van der Waals surface area (Å²) in [5.74, 6) is 1.84. The van der Waals surface area contributed by atoms with Crippen molar-refractivity contribution in [3.63, 3.8) is 0 Å².